The number of nitro groups is 1. The molecule has 2 rings (SSSR count). The van der Waals surface area contributed by atoms with E-state index in [0.717, 1.165) is 25.7 Å². The highest BCUT2D eigenvalue weighted by atomic mass is 16.6. The van der Waals surface area contributed by atoms with Crippen LogP contribution >= 0.6 is 0 Å². The van der Waals surface area contributed by atoms with Gasteiger partial charge in [-0.1, -0.05) is 18.9 Å². The molecule has 6 heteroatoms. The molecular weight excluding hydrogens is 260 g/mol. The summed E-state index contributed by atoms with van der Waals surface area (Å²) in [6, 6.07) is 5.62. The Hall–Kier alpha value is -1.95. The highest BCUT2D eigenvalue weighted by Gasteiger charge is 2.26. The molecule has 108 valence electrons. The third-order valence-corrected chi connectivity index (χ3v) is 3.78. The quantitative estimate of drug-likeness (QED) is 0.649. The summed E-state index contributed by atoms with van der Waals surface area (Å²) < 4.78 is 0. The van der Waals surface area contributed by atoms with Gasteiger partial charge in [-0.2, -0.15) is 0 Å². The molecule has 1 aromatic rings. The number of nitro benzene ring substituents is 1. The molecule has 0 aliphatic heterocycles. The van der Waals surface area contributed by atoms with Crippen molar-refractivity contribution in [2.45, 2.75) is 31.7 Å². The van der Waals surface area contributed by atoms with E-state index in [1.54, 1.807) is 6.07 Å². The molecule has 1 saturated carbocycles. The maximum atomic E-state index is 12.1. The van der Waals surface area contributed by atoms with E-state index < -0.39 is 4.92 Å². The first-order chi connectivity index (χ1) is 9.61. The van der Waals surface area contributed by atoms with E-state index in [1.807, 2.05) is 0 Å². The molecule has 1 fully saturated rings. The first-order valence-corrected chi connectivity index (χ1v) is 6.78. The lowest BCUT2D eigenvalue weighted by atomic mass is 9.85. The molecule has 20 heavy (non-hydrogen) atoms. The van der Waals surface area contributed by atoms with Crippen LogP contribution in [0.1, 0.15) is 36.0 Å². The van der Waals surface area contributed by atoms with Crippen LogP contribution in [0.2, 0.25) is 0 Å². The van der Waals surface area contributed by atoms with E-state index in [-0.39, 0.29) is 35.7 Å². The standard InChI is InChI=1S/C14H18N2O4/c17-9-11-4-1-2-7-13(11)15-14(18)10-5-3-6-12(8-10)16(19)20/h3,5-6,8,11,13,17H,1-2,4,7,9H2,(H,15,18). The van der Waals surface area contributed by atoms with E-state index in [0.29, 0.717) is 0 Å². The van der Waals surface area contributed by atoms with Gasteiger partial charge in [-0.25, -0.2) is 0 Å². The van der Waals surface area contributed by atoms with Crippen LogP contribution < -0.4 is 5.32 Å². The molecule has 1 aromatic carbocycles. The van der Waals surface area contributed by atoms with E-state index >= 15 is 0 Å². The molecule has 0 spiro atoms. The van der Waals surface area contributed by atoms with Gasteiger partial charge in [0, 0.05) is 36.3 Å². The van der Waals surface area contributed by atoms with Crippen molar-refractivity contribution in [3.63, 3.8) is 0 Å². The molecular formula is C14H18N2O4. The Kier molecular flexibility index (Phi) is 4.68. The van der Waals surface area contributed by atoms with Crippen molar-refractivity contribution >= 4 is 11.6 Å². The second-order valence-electron chi connectivity index (χ2n) is 5.11. The van der Waals surface area contributed by atoms with E-state index in [1.165, 1.54) is 18.2 Å². The summed E-state index contributed by atoms with van der Waals surface area (Å²) in [5.74, 6) is -0.245. The zero-order valence-electron chi connectivity index (χ0n) is 11.1. The van der Waals surface area contributed by atoms with Gasteiger partial charge >= 0.3 is 0 Å². The minimum absolute atomic E-state index is 0.0551. The van der Waals surface area contributed by atoms with E-state index in [9.17, 15) is 20.0 Å². The molecule has 1 aliphatic carbocycles. The second kappa shape index (κ2) is 6.47. The van der Waals surface area contributed by atoms with Crippen LogP contribution in [0.3, 0.4) is 0 Å². The zero-order valence-corrected chi connectivity index (χ0v) is 11.1. The molecule has 0 radical (unpaired) electrons. The fourth-order valence-corrected chi connectivity index (χ4v) is 2.63. The number of hydrogen-bond donors (Lipinski definition) is 2. The van der Waals surface area contributed by atoms with Crippen LogP contribution in [-0.2, 0) is 0 Å². The zero-order chi connectivity index (χ0) is 14.5. The predicted octanol–water partition coefficient (Wildman–Crippen LogP) is 1.88. The van der Waals surface area contributed by atoms with Gasteiger partial charge in [0.1, 0.15) is 0 Å². The number of hydrogen-bond acceptors (Lipinski definition) is 4. The number of carbonyl (C=O) groups is 1. The lowest BCUT2D eigenvalue weighted by molar-refractivity contribution is -0.384. The van der Waals surface area contributed by atoms with Crippen LogP contribution in [-0.4, -0.2) is 28.6 Å². The summed E-state index contributed by atoms with van der Waals surface area (Å²) in [5.41, 5.74) is 0.182. The minimum atomic E-state index is -0.520. The molecule has 2 unspecified atom stereocenters. The number of aliphatic hydroxyl groups excluding tert-OH is 1. The summed E-state index contributed by atoms with van der Waals surface area (Å²) in [5, 5.41) is 22.9. The Labute approximate surface area is 117 Å². The third kappa shape index (κ3) is 3.33. The largest absolute Gasteiger partial charge is 0.396 e. The number of amides is 1. The minimum Gasteiger partial charge on any atom is -0.396 e. The van der Waals surface area contributed by atoms with Gasteiger partial charge in [-0.05, 0) is 18.9 Å². The van der Waals surface area contributed by atoms with Crippen molar-refractivity contribution in [1.29, 1.82) is 0 Å². The second-order valence-corrected chi connectivity index (χ2v) is 5.11. The van der Waals surface area contributed by atoms with Crippen LogP contribution in [0.25, 0.3) is 0 Å². The van der Waals surface area contributed by atoms with Crippen molar-refractivity contribution in [3.8, 4) is 0 Å². The first kappa shape index (κ1) is 14.5. The summed E-state index contributed by atoms with van der Waals surface area (Å²) in [4.78, 5) is 22.3. The summed E-state index contributed by atoms with van der Waals surface area (Å²) in [7, 11) is 0. The average Bonchev–Trinajstić information content (AvgIpc) is 2.48. The molecule has 0 bridgehead atoms. The third-order valence-electron chi connectivity index (χ3n) is 3.78. The van der Waals surface area contributed by atoms with Gasteiger partial charge in [0.2, 0.25) is 0 Å². The van der Waals surface area contributed by atoms with Crippen LogP contribution in [0.15, 0.2) is 24.3 Å². The number of rotatable bonds is 4. The molecule has 0 heterocycles. The first-order valence-electron chi connectivity index (χ1n) is 6.78. The SMILES string of the molecule is O=C(NC1CCCCC1CO)c1cccc([N+](=O)[O-])c1. The van der Waals surface area contributed by atoms with Crippen LogP contribution in [0.5, 0.6) is 0 Å². The van der Waals surface area contributed by atoms with Gasteiger partial charge in [0.15, 0.2) is 0 Å². The lowest BCUT2D eigenvalue weighted by Gasteiger charge is -2.30. The van der Waals surface area contributed by atoms with Gasteiger partial charge in [-0.3, -0.25) is 14.9 Å². The number of non-ortho nitro benzene ring substituents is 1. The number of carbonyl (C=O) groups excluding carboxylic acids is 1. The Balaban J connectivity index is 2.07. The molecule has 0 saturated heterocycles. The Bertz CT molecular complexity index is 504. The topological polar surface area (TPSA) is 92.5 Å². The molecule has 6 nitrogen and oxygen atoms in total. The van der Waals surface area contributed by atoms with Crippen LogP contribution in [0, 0.1) is 16.0 Å². The van der Waals surface area contributed by atoms with Crippen molar-refractivity contribution in [3.05, 3.63) is 39.9 Å². The maximum absolute atomic E-state index is 12.1. The summed E-state index contributed by atoms with van der Waals surface area (Å²) in [6.45, 7) is 0.0554. The van der Waals surface area contributed by atoms with Gasteiger partial charge in [0.05, 0.1) is 4.92 Å². The average molecular weight is 278 g/mol. The lowest BCUT2D eigenvalue weighted by Crippen LogP contribution is -2.43. The van der Waals surface area contributed by atoms with Crippen molar-refractivity contribution < 1.29 is 14.8 Å². The molecule has 1 aliphatic rings. The number of nitrogens with one attached hydrogen (secondary N) is 1. The molecule has 0 aromatic heterocycles. The Morgan fingerprint density at radius 3 is 2.85 bits per heavy atom. The Morgan fingerprint density at radius 2 is 2.15 bits per heavy atom. The normalized spacial score (nSPS) is 22.2. The fourth-order valence-electron chi connectivity index (χ4n) is 2.63. The van der Waals surface area contributed by atoms with Crippen molar-refractivity contribution in [2.24, 2.45) is 5.92 Å². The highest BCUT2D eigenvalue weighted by molar-refractivity contribution is 5.95. The predicted molar refractivity (Wildman–Crippen MR) is 73.4 cm³/mol. The van der Waals surface area contributed by atoms with Crippen molar-refractivity contribution in [2.75, 3.05) is 6.61 Å². The summed E-state index contributed by atoms with van der Waals surface area (Å²) >= 11 is 0. The van der Waals surface area contributed by atoms with Crippen LogP contribution in [0.4, 0.5) is 5.69 Å². The van der Waals surface area contributed by atoms with E-state index in [4.69, 9.17) is 0 Å². The molecule has 1 amide bonds. The Morgan fingerprint density at radius 1 is 1.40 bits per heavy atom. The number of aliphatic hydroxyl groups is 1. The highest BCUT2D eigenvalue weighted by Crippen LogP contribution is 2.24. The monoisotopic (exact) mass is 278 g/mol. The van der Waals surface area contributed by atoms with E-state index in [2.05, 4.69) is 5.32 Å². The molecule has 2 N–H and O–H groups in total. The van der Waals surface area contributed by atoms with Crippen molar-refractivity contribution in [1.82, 2.24) is 5.32 Å². The molecule has 2 atom stereocenters. The smallest absolute Gasteiger partial charge is 0.270 e. The fraction of sp³-hybridized carbons (Fsp3) is 0.500. The van der Waals surface area contributed by atoms with Gasteiger partial charge < -0.3 is 10.4 Å². The maximum Gasteiger partial charge on any atom is 0.270 e. The van der Waals surface area contributed by atoms with Gasteiger partial charge in [0.25, 0.3) is 11.6 Å². The number of nitrogens with zero attached hydrogens (tertiary/aromatic N) is 1. The number of benzene rings is 1. The van der Waals surface area contributed by atoms with Gasteiger partial charge in [-0.15, -0.1) is 0 Å². The summed E-state index contributed by atoms with van der Waals surface area (Å²) in [6.07, 6.45) is 3.83.